The smallest absolute Gasteiger partial charge is 0.203 e. The molecular formula is C8H16Br2O4S. The number of hydrogen-bond acceptors (Lipinski definition) is 4. The first-order chi connectivity index (χ1) is 6.96. The molecule has 0 aromatic heterocycles. The van der Waals surface area contributed by atoms with Crippen molar-refractivity contribution in [1.82, 2.24) is 0 Å². The van der Waals surface area contributed by atoms with Gasteiger partial charge in [-0.2, -0.15) is 0 Å². The van der Waals surface area contributed by atoms with Crippen molar-refractivity contribution in [2.75, 3.05) is 10.7 Å². The van der Waals surface area contributed by atoms with Gasteiger partial charge in [0.05, 0.1) is 0 Å². The lowest BCUT2D eigenvalue weighted by atomic mass is 10.3. The Balaban J connectivity index is 4.25. The van der Waals surface area contributed by atoms with Gasteiger partial charge in [0.15, 0.2) is 10.9 Å². The van der Waals surface area contributed by atoms with Gasteiger partial charge in [-0.1, -0.05) is 31.9 Å². The van der Waals surface area contributed by atoms with Crippen molar-refractivity contribution in [2.24, 2.45) is 0 Å². The Morgan fingerprint density at radius 1 is 0.933 bits per heavy atom. The number of rotatable bonds is 8. The lowest BCUT2D eigenvalue weighted by molar-refractivity contribution is 0.200. The van der Waals surface area contributed by atoms with Crippen LogP contribution in [0.15, 0.2) is 0 Å². The van der Waals surface area contributed by atoms with Crippen LogP contribution in [0.2, 0.25) is 0 Å². The second kappa shape index (κ2) is 8.00. The molecule has 0 aliphatic carbocycles. The first-order valence-electron chi connectivity index (χ1n) is 4.67. The van der Waals surface area contributed by atoms with Crippen molar-refractivity contribution < 1.29 is 18.6 Å². The van der Waals surface area contributed by atoms with Crippen molar-refractivity contribution in [2.45, 2.75) is 36.6 Å². The highest BCUT2D eigenvalue weighted by molar-refractivity contribution is 9.09. The van der Waals surface area contributed by atoms with Gasteiger partial charge in [-0.15, -0.1) is 0 Å². The van der Waals surface area contributed by atoms with Crippen LogP contribution < -0.4 is 0 Å². The molecule has 0 aromatic rings. The molecule has 2 N–H and O–H groups in total. The summed E-state index contributed by atoms with van der Waals surface area (Å²) in [6.45, 7) is 0. The van der Waals surface area contributed by atoms with E-state index < -0.39 is 20.7 Å². The predicted octanol–water partition coefficient (Wildman–Crippen LogP) is 1.39. The van der Waals surface area contributed by atoms with Crippen LogP contribution in [0.5, 0.6) is 0 Å². The van der Waals surface area contributed by atoms with Crippen LogP contribution >= 0.6 is 31.9 Å². The summed E-state index contributed by atoms with van der Waals surface area (Å²) in [6, 6.07) is 0. The highest BCUT2D eigenvalue weighted by Gasteiger charge is 2.30. The molecule has 92 valence electrons. The molecule has 0 heterocycles. The largest absolute Gasteiger partial charge is 0.377 e. The molecule has 4 nitrogen and oxygen atoms in total. The minimum Gasteiger partial charge on any atom is -0.377 e. The van der Waals surface area contributed by atoms with Gasteiger partial charge in [0.2, 0.25) is 9.84 Å². The van der Waals surface area contributed by atoms with E-state index in [0.29, 0.717) is 23.5 Å². The lowest BCUT2D eigenvalue weighted by Crippen LogP contribution is -2.32. The zero-order chi connectivity index (χ0) is 11.9. The topological polar surface area (TPSA) is 74.6 Å². The lowest BCUT2D eigenvalue weighted by Gasteiger charge is -2.16. The normalized spacial score (nSPS) is 16.3. The van der Waals surface area contributed by atoms with Crippen LogP contribution in [0, 0.1) is 0 Å². The summed E-state index contributed by atoms with van der Waals surface area (Å²) in [5, 5.41) is 20.1. The summed E-state index contributed by atoms with van der Waals surface area (Å²) >= 11 is 6.30. The standard InChI is InChI=1S/C8H16Br2O4S/c9-5-1-3-7(11)15(13,14)8(12)4-2-6-10/h7-8,11-12H,1-6H2. The number of sulfone groups is 1. The second-order valence-corrected chi connectivity index (χ2v) is 7.01. The molecule has 0 fully saturated rings. The van der Waals surface area contributed by atoms with Gasteiger partial charge in [0, 0.05) is 10.7 Å². The van der Waals surface area contributed by atoms with Crippen molar-refractivity contribution in [3.63, 3.8) is 0 Å². The van der Waals surface area contributed by atoms with E-state index >= 15 is 0 Å². The fourth-order valence-corrected chi connectivity index (χ4v) is 3.01. The van der Waals surface area contributed by atoms with Gasteiger partial charge < -0.3 is 10.2 Å². The highest BCUT2D eigenvalue weighted by atomic mass is 79.9. The first-order valence-corrected chi connectivity index (χ1v) is 8.52. The monoisotopic (exact) mass is 366 g/mol. The predicted molar refractivity (Wildman–Crippen MR) is 67.0 cm³/mol. The maximum Gasteiger partial charge on any atom is 0.203 e. The Labute approximate surface area is 107 Å². The Hall–Kier alpha value is 0.830. The van der Waals surface area contributed by atoms with E-state index in [1.54, 1.807) is 0 Å². The van der Waals surface area contributed by atoms with E-state index in [4.69, 9.17) is 0 Å². The molecule has 0 aliphatic heterocycles. The number of hydrogen-bond donors (Lipinski definition) is 2. The van der Waals surface area contributed by atoms with Crippen LogP contribution in [-0.4, -0.2) is 40.2 Å². The molecule has 0 spiro atoms. The van der Waals surface area contributed by atoms with Gasteiger partial charge in [0.1, 0.15) is 0 Å². The molecule has 15 heavy (non-hydrogen) atoms. The molecule has 0 rings (SSSR count). The Morgan fingerprint density at radius 2 is 1.27 bits per heavy atom. The average molecular weight is 368 g/mol. The Bertz CT molecular complexity index is 235. The number of alkyl halides is 2. The number of aliphatic hydroxyl groups is 2. The van der Waals surface area contributed by atoms with Gasteiger partial charge in [0.25, 0.3) is 0 Å². The molecule has 0 radical (unpaired) electrons. The molecule has 7 heteroatoms. The molecule has 0 aliphatic rings. The van der Waals surface area contributed by atoms with E-state index in [2.05, 4.69) is 31.9 Å². The quantitative estimate of drug-likeness (QED) is 0.635. The van der Waals surface area contributed by atoms with E-state index in [1.807, 2.05) is 0 Å². The summed E-state index contributed by atoms with van der Waals surface area (Å²) in [5.74, 6) is 0. The van der Waals surface area contributed by atoms with Crippen molar-refractivity contribution in [1.29, 1.82) is 0 Å². The second-order valence-electron chi connectivity index (χ2n) is 3.16. The van der Waals surface area contributed by atoms with Crippen LogP contribution in [0.3, 0.4) is 0 Å². The third-order valence-corrected chi connectivity index (χ3v) is 5.04. The highest BCUT2D eigenvalue weighted by Crippen LogP contribution is 2.15. The third-order valence-electron chi connectivity index (χ3n) is 1.93. The van der Waals surface area contributed by atoms with E-state index in [9.17, 15) is 18.6 Å². The van der Waals surface area contributed by atoms with Gasteiger partial charge >= 0.3 is 0 Å². The molecule has 0 amide bonds. The Morgan fingerprint density at radius 3 is 1.53 bits per heavy atom. The minimum absolute atomic E-state index is 0.152. The van der Waals surface area contributed by atoms with Crippen molar-refractivity contribution in [3.05, 3.63) is 0 Å². The Kier molecular flexibility index (Phi) is 8.44. The number of aliphatic hydroxyl groups excluding tert-OH is 2. The van der Waals surface area contributed by atoms with Crippen LogP contribution in [0.1, 0.15) is 25.7 Å². The fourth-order valence-electron chi connectivity index (χ4n) is 1.01. The maximum absolute atomic E-state index is 11.5. The summed E-state index contributed by atoms with van der Waals surface area (Å²) in [4.78, 5) is 0. The number of halogens is 2. The van der Waals surface area contributed by atoms with Crippen molar-refractivity contribution >= 4 is 41.7 Å². The molecule has 0 aromatic carbocycles. The maximum atomic E-state index is 11.5. The average Bonchev–Trinajstić information content (AvgIpc) is 2.21. The van der Waals surface area contributed by atoms with Crippen LogP contribution in [0.4, 0.5) is 0 Å². The third kappa shape index (κ3) is 5.63. The van der Waals surface area contributed by atoms with Gasteiger partial charge in [-0.3, -0.25) is 0 Å². The molecule has 0 saturated carbocycles. The van der Waals surface area contributed by atoms with Crippen LogP contribution in [0.25, 0.3) is 0 Å². The zero-order valence-corrected chi connectivity index (χ0v) is 12.3. The van der Waals surface area contributed by atoms with E-state index in [0.717, 1.165) is 0 Å². The summed E-state index contributed by atoms with van der Waals surface area (Å²) < 4.78 is 23.0. The summed E-state index contributed by atoms with van der Waals surface area (Å²) in [6.07, 6.45) is 1.43. The SMILES string of the molecule is O=S(=O)(C(O)CCCBr)C(O)CCCBr. The minimum atomic E-state index is -3.81. The van der Waals surface area contributed by atoms with Crippen LogP contribution in [-0.2, 0) is 9.84 Å². The fraction of sp³-hybridized carbons (Fsp3) is 1.00. The molecular weight excluding hydrogens is 352 g/mol. The van der Waals surface area contributed by atoms with Gasteiger partial charge in [-0.05, 0) is 25.7 Å². The molecule has 0 saturated heterocycles. The zero-order valence-electron chi connectivity index (χ0n) is 8.27. The summed E-state index contributed by atoms with van der Waals surface area (Å²) in [7, 11) is -3.81. The first kappa shape index (κ1) is 15.8. The van der Waals surface area contributed by atoms with Crippen molar-refractivity contribution in [3.8, 4) is 0 Å². The molecule has 0 bridgehead atoms. The van der Waals surface area contributed by atoms with Gasteiger partial charge in [-0.25, -0.2) is 8.42 Å². The summed E-state index contributed by atoms with van der Waals surface area (Å²) in [5.41, 5.74) is -2.92. The van der Waals surface area contributed by atoms with E-state index in [-0.39, 0.29) is 12.8 Å². The van der Waals surface area contributed by atoms with E-state index in [1.165, 1.54) is 0 Å². The molecule has 2 atom stereocenters. The molecule has 2 unspecified atom stereocenters.